The number of hydrogen-bond acceptors (Lipinski definition) is 3. The van der Waals surface area contributed by atoms with E-state index in [4.69, 9.17) is 5.73 Å². The monoisotopic (exact) mass is 221 g/mol. The zero-order valence-corrected chi connectivity index (χ0v) is 9.22. The number of aromatic nitrogens is 1. The van der Waals surface area contributed by atoms with Gasteiger partial charge >= 0.3 is 0 Å². The maximum atomic E-state index is 11.8. The fourth-order valence-corrected chi connectivity index (χ4v) is 1.33. The molecule has 1 aromatic rings. The molecule has 0 radical (unpaired) electrons. The Balaban J connectivity index is 2.59. The predicted molar refractivity (Wildman–Crippen MR) is 59.4 cm³/mol. The van der Waals surface area contributed by atoms with Crippen molar-refractivity contribution in [2.45, 2.75) is 13.3 Å². The van der Waals surface area contributed by atoms with Crippen LogP contribution in [0, 0.1) is 0 Å². The van der Waals surface area contributed by atoms with E-state index in [9.17, 15) is 9.59 Å². The van der Waals surface area contributed by atoms with Gasteiger partial charge in [0.05, 0.1) is 13.0 Å². The van der Waals surface area contributed by atoms with Gasteiger partial charge in [0, 0.05) is 18.4 Å². The first-order valence-electron chi connectivity index (χ1n) is 5.09. The van der Waals surface area contributed by atoms with E-state index in [-0.39, 0.29) is 18.9 Å². The molecule has 0 spiro atoms. The lowest BCUT2D eigenvalue weighted by Gasteiger charge is -2.18. The summed E-state index contributed by atoms with van der Waals surface area (Å²) in [5, 5.41) is 0. The Hall–Kier alpha value is -1.91. The zero-order chi connectivity index (χ0) is 12.0. The Morgan fingerprint density at radius 1 is 1.44 bits per heavy atom. The molecule has 5 nitrogen and oxygen atoms in total. The summed E-state index contributed by atoms with van der Waals surface area (Å²) < 4.78 is 0. The summed E-state index contributed by atoms with van der Waals surface area (Å²) in [6.07, 6.45) is 1.83. The molecule has 0 aliphatic carbocycles. The Morgan fingerprint density at radius 2 is 2.19 bits per heavy atom. The summed E-state index contributed by atoms with van der Waals surface area (Å²) in [4.78, 5) is 28.0. The second kappa shape index (κ2) is 5.85. The van der Waals surface area contributed by atoms with Crippen molar-refractivity contribution in [3.8, 4) is 0 Å². The summed E-state index contributed by atoms with van der Waals surface area (Å²) in [7, 11) is 0. The Morgan fingerprint density at radius 3 is 2.69 bits per heavy atom. The highest BCUT2D eigenvalue weighted by Crippen LogP contribution is 1.99. The summed E-state index contributed by atoms with van der Waals surface area (Å²) in [6.45, 7) is 2.23. The van der Waals surface area contributed by atoms with Gasteiger partial charge < -0.3 is 10.6 Å². The van der Waals surface area contributed by atoms with E-state index >= 15 is 0 Å². The lowest BCUT2D eigenvalue weighted by molar-refractivity contribution is -0.134. The molecular weight excluding hydrogens is 206 g/mol. The maximum Gasteiger partial charge on any atom is 0.237 e. The van der Waals surface area contributed by atoms with Crippen LogP contribution in [0.4, 0.5) is 0 Å². The van der Waals surface area contributed by atoms with Gasteiger partial charge in [-0.25, -0.2) is 0 Å². The van der Waals surface area contributed by atoms with Crippen molar-refractivity contribution in [2.75, 3.05) is 13.1 Å². The van der Waals surface area contributed by atoms with Gasteiger partial charge in [0.15, 0.2) is 0 Å². The number of nitrogens with two attached hydrogens (primary N) is 1. The highest BCUT2D eigenvalue weighted by atomic mass is 16.2. The van der Waals surface area contributed by atoms with E-state index in [0.717, 1.165) is 0 Å². The minimum absolute atomic E-state index is 0.0395. The van der Waals surface area contributed by atoms with E-state index in [1.54, 1.807) is 25.3 Å². The summed E-state index contributed by atoms with van der Waals surface area (Å²) >= 11 is 0. The molecule has 0 atom stereocenters. The summed E-state index contributed by atoms with van der Waals surface area (Å²) in [6, 6.07) is 5.38. The molecule has 86 valence electrons. The number of pyridine rings is 1. The molecule has 0 fully saturated rings. The van der Waals surface area contributed by atoms with Crippen LogP contribution in [-0.2, 0) is 16.0 Å². The average molecular weight is 221 g/mol. The van der Waals surface area contributed by atoms with E-state index in [1.807, 2.05) is 6.07 Å². The third-order valence-electron chi connectivity index (χ3n) is 2.14. The first-order chi connectivity index (χ1) is 7.63. The third-order valence-corrected chi connectivity index (χ3v) is 2.14. The molecule has 0 saturated heterocycles. The first-order valence-corrected chi connectivity index (χ1v) is 5.09. The lowest BCUT2D eigenvalue weighted by atomic mass is 10.2. The average Bonchev–Trinajstić information content (AvgIpc) is 2.26. The van der Waals surface area contributed by atoms with Crippen molar-refractivity contribution >= 4 is 11.8 Å². The fraction of sp³-hybridized carbons (Fsp3) is 0.364. The number of hydrogen-bond donors (Lipinski definition) is 1. The molecular formula is C11H15N3O2. The highest BCUT2D eigenvalue weighted by Gasteiger charge is 2.14. The predicted octanol–water partition coefficient (Wildman–Crippen LogP) is -0.0421. The van der Waals surface area contributed by atoms with Crippen LogP contribution in [0.15, 0.2) is 24.4 Å². The number of primary amides is 1. The normalized spacial score (nSPS) is 9.81. The van der Waals surface area contributed by atoms with Crippen LogP contribution in [0.25, 0.3) is 0 Å². The van der Waals surface area contributed by atoms with Crippen LogP contribution in [0.2, 0.25) is 0 Å². The van der Waals surface area contributed by atoms with Crippen molar-refractivity contribution in [2.24, 2.45) is 5.73 Å². The second-order valence-corrected chi connectivity index (χ2v) is 3.37. The topological polar surface area (TPSA) is 76.3 Å². The summed E-state index contributed by atoms with van der Waals surface area (Å²) in [5.41, 5.74) is 5.74. The third kappa shape index (κ3) is 3.68. The van der Waals surface area contributed by atoms with E-state index in [0.29, 0.717) is 12.2 Å². The fourth-order valence-electron chi connectivity index (χ4n) is 1.33. The van der Waals surface area contributed by atoms with Crippen LogP contribution in [-0.4, -0.2) is 34.8 Å². The van der Waals surface area contributed by atoms with E-state index in [1.165, 1.54) is 4.90 Å². The number of nitrogens with zero attached hydrogens (tertiary/aromatic N) is 2. The van der Waals surface area contributed by atoms with Crippen LogP contribution < -0.4 is 5.73 Å². The van der Waals surface area contributed by atoms with Crippen molar-refractivity contribution < 1.29 is 9.59 Å². The van der Waals surface area contributed by atoms with Gasteiger partial charge in [0.25, 0.3) is 0 Å². The Kier molecular flexibility index (Phi) is 4.44. The number of carbonyl (C=O) groups excluding carboxylic acids is 2. The van der Waals surface area contributed by atoms with Crippen molar-refractivity contribution in [3.63, 3.8) is 0 Å². The number of carbonyl (C=O) groups is 2. The van der Waals surface area contributed by atoms with E-state index < -0.39 is 5.91 Å². The second-order valence-electron chi connectivity index (χ2n) is 3.37. The van der Waals surface area contributed by atoms with Crippen molar-refractivity contribution in [3.05, 3.63) is 30.1 Å². The number of rotatable bonds is 5. The minimum Gasteiger partial charge on any atom is -0.368 e. The quantitative estimate of drug-likeness (QED) is 0.757. The maximum absolute atomic E-state index is 11.8. The molecule has 0 aliphatic rings. The molecule has 2 N–H and O–H groups in total. The van der Waals surface area contributed by atoms with Gasteiger partial charge in [0.1, 0.15) is 0 Å². The van der Waals surface area contributed by atoms with Gasteiger partial charge in [-0.1, -0.05) is 6.07 Å². The number of amides is 2. The van der Waals surface area contributed by atoms with Gasteiger partial charge in [0.2, 0.25) is 11.8 Å². The molecule has 16 heavy (non-hydrogen) atoms. The molecule has 5 heteroatoms. The smallest absolute Gasteiger partial charge is 0.237 e. The first kappa shape index (κ1) is 12.2. The number of likely N-dealkylation sites (N-methyl/N-ethyl adjacent to an activating group) is 1. The van der Waals surface area contributed by atoms with Crippen LogP contribution in [0.5, 0.6) is 0 Å². The van der Waals surface area contributed by atoms with Crippen molar-refractivity contribution in [1.82, 2.24) is 9.88 Å². The Labute approximate surface area is 94.3 Å². The van der Waals surface area contributed by atoms with Gasteiger partial charge in [-0.15, -0.1) is 0 Å². The summed E-state index contributed by atoms with van der Waals surface area (Å²) in [5.74, 6) is -0.642. The van der Waals surface area contributed by atoms with Crippen LogP contribution in [0.1, 0.15) is 12.6 Å². The van der Waals surface area contributed by atoms with Gasteiger partial charge in [-0.05, 0) is 19.1 Å². The molecule has 0 unspecified atom stereocenters. The van der Waals surface area contributed by atoms with Crippen molar-refractivity contribution in [1.29, 1.82) is 0 Å². The largest absolute Gasteiger partial charge is 0.368 e. The SMILES string of the molecule is CCN(CC(N)=O)C(=O)Cc1ccccn1. The standard InChI is InChI=1S/C11H15N3O2/c1-2-14(8-10(12)15)11(16)7-9-5-3-4-6-13-9/h3-6H,2,7-8H2,1H3,(H2,12,15). The molecule has 1 rings (SSSR count). The van der Waals surface area contributed by atoms with Gasteiger partial charge in [-0.3, -0.25) is 14.6 Å². The molecule has 1 heterocycles. The van der Waals surface area contributed by atoms with E-state index in [2.05, 4.69) is 4.98 Å². The molecule has 0 aromatic carbocycles. The lowest BCUT2D eigenvalue weighted by Crippen LogP contribution is -2.39. The molecule has 2 amide bonds. The molecule has 1 aromatic heterocycles. The Bertz CT molecular complexity index is 365. The minimum atomic E-state index is -0.503. The molecule has 0 saturated carbocycles. The zero-order valence-electron chi connectivity index (χ0n) is 9.22. The highest BCUT2D eigenvalue weighted by molar-refractivity contribution is 5.84. The van der Waals surface area contributed by atoms with Crippen LogP contribution in [0.3, 0.4) is 0 Å². The molecule has 0 bridgehead atoms. The van der Waals surface area contributed by atoms with Crippen LogP contribution >= 0.6 is 0 Å². The molecule has 0 aliphatic heterocycles. The van der Waals surface area contributed by atoms with Gasteiger partial charge in [-0.2, -0.15) is 0 Å².